The summed E-state index contributed by atoms with van der Waals surface area (Å²) >= 11 is 0. The van der Waals surface area contributed by atoms with Crippen molar-refractivity contribution in [3.05, 3.63) is 64.0 Å². The fourth-order valence-corrected chi connectivity index (χ4v) is 4.34. The Bertz CT molecular complexity index is 945. The molecule has 1 fully saturated rings. The van der Waals surface area contributed by atoms with Crippen LogP contribution in [0.2, 0.25) is 0 Å². The van der Waals surface area contributed by atoms with Crippen molar-refractivity contribution in [1.29, 1.82) is 0 Å². The third-order valence-electron chi connectivity index (χ3n) is 4.19. The number of nitrogens with one attached hydrogen (secondary N) is 1. The molecule has 10 heteroatoms. The Morgan fingerprint density at radius 3 is 2.56 bits per heavy atom. The lowest BCUT2D eigenvalue weighted by atomic mass is 10.2. The molecule has 0 unspecified atom stereocenters. The molecule has 1 saturated heterocycles. The van der Waals surface area contributed by atoms with Gasteiger partial charge >= 0.3 is 0 Å². The molecule has 0 atom stereocenters. The minimum atomic E-state index is -3.97. The zero-order chi connectivity index (χ0) is 19.4. The summed E-state index contributed by atoms with van der Waals surface area (Å²) in [5, 5.41) is 14.0. The van der Waals surface area contributed by atoms with Crippen LogP contribution in [-0.4, -0.2) is 43.9 Å². The lowest BCUT2D eigenvalue weighted by Gasteiger charge is -2.27. The number of non-ortho nitro benzene ring substituents is 1. The van der Waals surface area contributed by atoms with Gasteiger partial charge in [-0.15, -0.1) is 0 Å². The van der Waals surface area contributed by atoms with E-state index in [1.165, 1.54) is 22.5 Å². The fourth-order valence-electron chi connectivity index (χ4n) is 2.74. The van der Waals surface area contributed by atoms with Gasteiger partial charge in [-0.05, 0) is 12.1 Å². The topological polar surface area (TPSA) is 102 Å². The minimum absolute atomic E-state index is 0.0378. The largest absolute Gasteiger partial charge is 0.380 e. The number of ether oxygens (including phenoxy) is 1. The van der Waals surface area contributed by atoms with Gasteiger partial charge in [-0.3, -0.25) is 10.1 Å². The molecule has 8 nitrogen and oxygen atoms in total. The van der Waals surface area contributed by atoms with E-state index in [2.05, 4.69) is 5.32 Å². The van der Waals surface area contributed by atoms with Crippen LogP contribution >= 0.6 is 0 Å². The summed E-state index contributed by atoms with van der Waals surface area (Å²) in [5.41, 5.74) is 0.194. The normalized spacial score (nSPS) is 15.4. The number of nitrogens with zero attached hydrogens (tertiary/aromatic N) is 2. The first-order chi connectivity index (χ1) is 12.9. The Hall–Kier alpha value is -2.56. The van der Waals surface area contributed by atoms with Crippen molar-refractivity contribution in [3.8, 4) is 0 Å². The van der Waals surface area contributed by atoms with Crippen LogP contribution in [0.25, 0.3) is 0 Å². The molecule has 0 saturated carbocycles. The maximum absolute atomic E-state index is 13.8. The first kappa shape index (κ1) is 19.2. The van der Waals surface area contributed by atoms with Crippen molar-refractivity contribution < 1.29 is 22.5 Å². The highest BCUT2D eigenvalue weighted by Gasteiger charge is 2.30. The first-order valence-electron chi connectivity index (χ1n) is 8.23. The van der Waals surface area contributed by atoms with Crippen molar-refractivity contribution in [3.63, 3.8) is 0 Å². The van der Waals surface area contributed by atoms with Crippen LogP contribution in [0, 0.1) is 15.9 Å². The van der Waals surface area contributed by atoms with Crippen molar-refractivity contribution in [2.24, 2.45) is 0 Å². The third kappa shape index (κ3) is 4.24. The molecular weight excluding hydrogens is 377 g/mol. The molecule has 2 aromatic carbocycles. The summed E-state index contributed by atoms with van der Waals surface area (Å²) in [6.45, 7) is 0.879. The average Bonchev–Trinajstić information content (AvgIpc) is 2.68. The zero-order valence-corrected chi connectivity index (χ0v) is 15.1. The summed E-state index contributed by atoms with van der Waals surface area (Å²) in [7, 11) is -3.97. The molecule has 144 valence electrons. The number of nitro benzene ring substituents is 1. The zero-order valence-electron chi connectivity index (χ0n) is 14.3. The molecule has 1 heterocycles. The lowest BCUT2D eigenvalue weighted by Crippen LogP contribution is -2.40. The maximum Gasteiger partial charge on any atom is 0.270 e. The monoisotopic (exact) mass is 395 g/mol. The highest BCUT2D eigenvalue weighted by Crippen LogP contribution is 2.30. The van der Waals surface area contributed by atoms with Gasteiger partial charge in [0, 0.05) is 37.3 Å². The van der Waals surface area contributed by atoms with Gasteiger partial charge in [0.2, 0.25) is 10.0 Å². The second-order valence-electron chi connectivity index (χ2n) is 5.90. The third-order valence-corrected chi connectivity index (χ3v) is 6.13. The molecule has 27 heavy (non-hydrogen) atoms. The Balaban J connectivity index is 1.95. The average molecular weight is 395 g/mol. The predicted molar refractivity (Wildman–Crippen MR) is 96.4 cm³/mol. The van der Waals surface area contributed by atoms with E-state index in [9.17, 15) is 22.9 Å². The molecule has 0 radical (unpaired) electrons. The summed E-state index contributed by atoms with van der Waals surface area (Å²) in [5.74, 6) is -0.426. The molecule has 0 aromatic heterocycles. The molecule has 1 aliphatic rings. The number of hydrogen-bond donors (Lipinski definition) is 1. The standard InChI is InChI=1S/C17H18FN3O5S/c18-15-4-2-1-3-13(15)12-19-16-6-5-14(21(22)23)11-17(16)27(24,25)20-7-9-26-10-8-20/h1-6,11,19H,7-10,12H2. The van der Waals surface area contributed by atoms with Gasteiger partial charge in [0.25, 0.3) is 5.69 Å². The second kappa shape index (κ2) is 7.99. The molecule has 0 amide bonds. The van der Waals surface area contributed by atoms with Crippen LogP contribution in [0.15, 0.2) is 47.4 Å². The van der Waals surface area contributed by atoms with Gasteiger partial charge in [0.1, 0.15) is 10.7 Å². The summed E-state index contributed by atoms with van der Waals surface area (Å²) < 4.78 is 46.2. The van der Waals surface area contributed by atoms with Crippen molar-refractivity contribution in [2.45, 2.75) is 11.4 Å². The van der Waals surface area contributed by atoms with E-state index >= 15 is 0 Å². The van der Waals surface area contributed by atoms with E-state index in [4.69, 9.17) is 4.74 Å². The van der Waals surface area contributed by atoms with Crippen LogP contribution in [0.3, 0.4) is 0 Å². The molecule has 1 N–H and O–H groups in total. The number of anilines is 1. The fraction of sp³-hybridized carbons (Fsp3) is 0.294. The first-order valence-corrected chi connectivity index (χ1v) is 9.67. The Morgan fingerprint density at radius 1 is 1.19 bits per heavy atom. The minimum Gasteiger partial charge on any atom is -0.380 e. The molecule has 3 rings (SSSR count). The molecule has 0 spiro atoms. The van der Waals surface area contributed by atoms with Crippen molar-refractivity contribution in [1.82, 2.24) is 4.31 Å². The van der Waals surface area contributed by atoms with Crippen LogP contribution in [0.4, 0.5) is 15.8 Å². The van der Waals surface area contributed by atoms with E-state index in [1.54, 1.807) is 18.2 Å². The molecule has 1 aliphatic heterocycles. The molecular formula is C17H18FN3O5S. The van der Waals surface area contributed by atoms with E-state index in [0.717, 1.165) is 6.07 Å². The second-order valence-corrected chi connectivity index (χ2v) is 7.81. The summed E-state index contributed by atoms with van der Waals surface area (Å²) in [4.78, 5) is 10.2. The maximum atomic E-state index is 13.8. The smallest absolute Gasteiger partial charge is 0.270 e. The number of hydrogen-bond acceptors (Lipinski definition) is 6. The number of benzene rings is 2. The number of morpholine rings is 1. The molecule has 0 aliphatic carbocycles. The van der Waals surface area contributed by atoms with Crippen LogP contribution in [0.1, 0.15) is 5.56 Å². The van der Waals surface area contributed by atoms with Gasteiger partial charge in [0.05, 0.1) is 23.8 Å². The van der Waals surface area contributed by atoms with Gasteiger partial charge < -0.3 is 10.1 Å². The van der Waals surface area contributed by atoms with Crippen molar-refractivity contribution in [2.75, 3.05) is 31.6 Å². The van der Waals surface area contributed by atoms with E-state index in [-0.39, 0.29) is 49.1 Å². The van der Waals surface area contributed by atoms with Crippen LogP contribution < -0.4 is 5.32 Å². The van der Waals surface area contributed by atoms with Crippen LogP contribution in [0.5, 0.6) is 0 Å². The number of rotatable bonds is 6. The Morgan fingerprint density at radius 2 is 1.89 bits per heavy atom. The van der Waals surface area contributed by atoms with Gasteiger partial charge in [-0.1, -0.05) is 18.2 Å². The highest BCUT2D eigenvalue weighted by atomic mass is 32.2. The number of sulfonamides is 1. The Labute approximate surface area is 155 Å². The van der Waals surface area contributed by atoms with E-state index in [1.807, 2.05) is 0 Å². The van der Waals surface area contributed by atoms with E-state index < -0.39 is 20.8 Å². The predicted octanol–water partition coefficient (Wildman–Crippen LogP) is 2.37. The quantitative estimate of drug-likeness (QED) is 0.595. The number of halogens is 1. The van der Waals surface area contributed by atoms with E-state index in [0.29, 0.717) is 5.56 Å². The number of nitro groups is 1. The van der Waals surface area contributed by atoms with Gasteiger partial charge in [-0.2, -0.15) is 4.31 Å². The lowest BCUT2D eigenvalue weighted by molar-refractivity contribution is -0.385. The van der Waals surface area contributed by atoms with Gasteiger partial charge in [-0.25, -0.2) is 12.8 Å². The summed E-state index contributed by atoms with van der Waals surface area (Å²) in [6.07, 6.45) is 0. The Kier molecular flexibility index (Phi) is 5.68. The van der Waals surface area contributed by atoms with Crippen LogP contribution in [-0.2, 0) is 21.3 Å². The molecule has 2 aromatic rings. The highest BCUT2D eigenvalue weighted by molar-refractivity contribution is 7.89. The SMILES string of the molecule is O=[N+]([O-])c1ccc(NCc2ccccc2F)c(S(=O)(=O)N2CCOCC2)c1. The van der Waals surface area contributed by atoms with Gasteiger partial charge in [0.15, 0.2) is 0 Å². The molecule has 0 bridgehead atoms. The summed E-state index contributed by atoms with van der Waals surface area (Å²) in [6, 6.07) is 9.66. The van der Waals surface area contributed by atoms with Crippen molar-refractivity contribution >= 4 is 21.4 Å².